The van der Waals surface area contributed by atoms with Crippen LogP contribution in [0.2, 0.25) is 0 Å². The summed E-state index contributed by atoms with van der Waals surface area (Å²) in [4.78, 5) is 2.47. The first-order valence-corrected chi connectivity index (χ1v) is 18.6. The van der Waals surface area contributed by atoms with Gasteiger partial charge in [-0.05, 0) is 91.5 Å². The van der Waals surface area contributed by atoms with Crippen LogP contribution in [-0.2, 0) is 10.8 Å². The Kier molecular flexibility index (Phi) is 7.13. The second-order valence-corrected chi connectivity index (χ2v) is 14.8. The van der Waals surface area contributed by atoms with Crippen LogP contribution in [0.5, 0.6) is 0 Å². The zero-order valence-electron chi connectivity index (χ0n) is 30.0. The maximum Gasteiger partial charge on any atom is 0.0714 e. The second-order valence-electron chi connectivity index (χ2n) is 14.8. The number of fused-ring (bicyclic) bond motifs is 6. The number of rotatable bonds is 6. The van der Waals surface area contributed by atoms with E-state index in [1.165, 1.54) is 66.8 Å². The van der Waals surface area contributed by atoms with Gasteiger partial charge in [-0.2, -0.15) is 0 Å². The molecule has 0 N–H and O–H groups in total. The monoisotopic (exact) mass is 677 g/mol. The number of para-hydroxylation sites is 2. The third kappa shape index (κ3) is 4.57. The van der Waals surface area contributed by atoms with Crippen LogP contribution < -0.4 is 4.90 Å². The lowest BCUT2D eigenvalue weighted by Crippen LogP contribution is -2.28. The number of nitrogens with zero attached hydrogens (tertiary/aromatic N) is 1. The van der Waals surface area contributed by atoms with E-state index in [-0.39, 0.29) is 5.41 Å². The molecule has 10 rings (SSSR count). The molecule has 0 amide bonds. The van der Waals surface area contributed by atoms with Crippen LogP contribution in [0, 0.1) is 0 Å². The fourth-order valence-corrected chi connectivity index (χ4v) is 9.54. The summed E-state index contributed by atoms with van der Waals surface area (Å²) >= 11 is 0. The Morgan fingerprint density at radius 3 is 1.47 bits per heavy atom. The molecule has 8 aromatic rings. The fourth-order valence-electron chi connectivity index (χ4n) is 9.54. The molecule has 0 radical (unpaired) electrons. The van der Waals surface area contributed by atoms with Crippen molar-refractivity contribution in [1.29, 1.82) is 0 Å². The lowest BCUT2D eigenvalue weighted by molar-refractivity contribution is 0.662. The molecular formula is C52H39N. The van der Waals surface area contributed by atoms with Crippen molar-refractivity contribution in [2.75, 3.05) is 4.90 Å². The van der Waals surface area contributed by atoms with Gasteiger partial charge in [0, 0.05) is 22.4 Å². The summed E-state index contributed by atoms with van der Waals surface area (Å²) in [5.41, 5.74) is 18.4. The zero-order valence-corrected chi connectivity index (χ0v) is 30.0. The van der Waals surface area contributed by atoms with Crippen molar-refractivity contribution >= 4 is 17.1 Å². The summed E-state index contributed by atoms with van der Waals surface area (Å²) in [5, 5.41) is 0. The van der Waals surface area contributed by atoms with Crippen molar-refractivity contribution in [3.05, 3.63) is 234 Å². The van der Waals surface area contributed by atoms with E-state index in [1.807, 2.05) is 0 Å². The average molecular weight is 678 g/mol. The quantitative estimate of drug-likeness (QED) is 0.169. The highest BCUT2D eigenvalue weighted by atomic mass is 15.1. The van der Waals surface area contributed by atoms with Crippen LogP contribution in [0.3, 0.4) is 0 Å². The van der Waals surface area contributed by atoms with Crippen molar-refractivity contribution < 1.29 is 0 Å². The van der Waals surface area contributed by atoms with E-state index >= 15 is 0 Å². The molecule has 0 saturated carbocycles. The molecule has 1 nitrogen and oxygen atoms in total. The maximum atomic E-state index is 2.47. The van der Waals surface area contributed by atoms with E-state index in [0.717, 1.165) is 17.1 Å². The van der Waals surface area contributed by atoms with Gasteiger partial charge in [0.1, 0.15) is 0 Å². The van der Waals surface area contributed by atoms with E-state index in [1.54, 1.807) is 0 Å². The van der Waals surface area contributed by atoms with E-state index < -0.39 is 5.41 Å². The molecule has 0 spiro atoms. The minimum atomic E-state index is -0.484. The SMILES string of the molecule is CC1(C)c2ccccc2-c2cccc(-c3ccccc3N(c3ccccc3)c3ccc4c(c3)C(c3ccccc3)(c3ccccc3)c3ccccc3-4)c21. The molecule has 1 heteroatoms. The Morgan fingerprint density at radius 1 is 0.340 bits per heavy atom. The average Bonchev–Trinajstić information content (AvgIpc) is 3.65. The predicted octanol–water partition coefficient (Wildman–Crippen LogP) is 13.5. The Hall–Kier alpha value is -6.44. The van der Waals surface area contributed by atoms with Gasteiger partial charge in [0.25, 0.3) is 0 Å². The van der Waals surface area contributed by atoms with Crippen LogP contribution in [0.4, 0.5) is 17.1 Å². The van der Waals surface area contributed by atoms with Crippen molar-refractivity contribution in [2.24, 2.45) is 0 Å². The Morgan fingerprint density at radius 2 is 0.811 bits per heavy atom. The first-order chi connectivity index (χ1) is 26.1. The van der Waals surface area contributed by atoms with Gasteiger partial charge in [-0.3, -0.25) is 0 Å². The molecular weight excluding hydrogens is 639 g/mol. The first kappa shape index (κ1) is 31.3. The lowest BCUT2D eigenvalue weighted by atomic mass is 9.67. The molecule has 2 aliphatic rings. The Labute approximate surface area is 312 Å². The normalized spacial score (nSPS) is 14.2. The van der Waals surface area contributed by atoms with Crippen LogP contribution in [0.25, 0.3) is 33.4 Å². The molecule has 0 bridgehead atoms. The number of benzene rings is 8. The summed E-state index contributed by atoms with van der Waals surface area (Å²) in [7, 11) is 0. The van der Waals surface area contributed by atoms with Gasteiger partial charge in [0.05, 0.1) is 11.1 Å². The molecule has 0 aliphatic heterocycles. The van der Waals surface area contributed by atoms with Gasteiger partial charge in [-0.1, -0.05) is 184 Å². The van der Waals surface area contributed by atoms with Crippen LogP contribution >= 0.6 is 0 Å². The standard InChI is InChI=1S/C52H39N/c1-51(2)46-30-15-12-26-41(46)44-28-18-29-45(50(44)51)43-27-14-17-32-49(43)53(38-23-10-5-11-24-38)39-33-34-42-40-25-13-16-31-47(40)52(48(42)35-39,36-19-6-3-7-20-36)37-21-8-4-9-22-37/h3-35H,1-2H3. The van der Waals surface area contributed by atoms with Gasteiger partial charge in [-0.25, -0.2) is 0 Å². The third-order valence-corrected chi connectivity index (χ3v) is 11.7. The summed E-state index contributed by atoms with van der Waals surface area (Å²) in [6.07, 6.45) is 0. The molecule has 0 saturated heterocycles. The van der Waals surface area contributed by atoms with Gasteiger partial charge in [0.15, 0.2) is 0 Å². The summed E-state index contributed by atoms with van der Waals surface area (Å²) < 4.78 is 0. The van der Waals surface area contributed by atoms with Crippen molar-refractivity contribution in [3.63, 3.8) is 0 Å². The molecule has 0 atom stereocenters. The summed E-state index contributed by atoms with van der Waals surface area (Å²) in [5.74, 6) is 0. The van der Waals surface area contributed by atoms with Crippen LogP contribution in [0.15, 0.2) is 200 Å². The van der Waals surface area contributed by atoms with Gasteiger partial charge >= 0.3 is 0 Å². The van der Waals surface area contributed by atoms with Gasteiger partial charge in [0.2, 0.25) is 0 Å². The van der Waals surface area contributed by atoms with Crippen LogP contribution in [0.1, 0.15) is 47.2 Å². The minimum Gasteiger partial charge on any atom is -0.310 e. The molecule has 0 fully saturated rings. The van der Waals surface area contributed by atoms with E-state index in [4.69, 9.17) is 0 Å². The first-order valence-electron chi connectivity index (χ1n) is 18.6. The summed E-state index contributed by atoms with van der Waals surface area (Å²) in [6, 6.07) is 73.9. The summed E-state index contributed by atoms with van der Waals surface area (Å²) in [6.45, 7) is 4.76. The topological polar surface area (TPSA) is 3.24 Å². The van der Waals surface area contributed by atoms with Crippen molar-refractivity contribution in [3.8, 4) is 33.4 Å². The minimum absolute atomic E-state index is 0.141. The highest BCUT2D eigenvalue weighted by molar-refractivity contribution is 5.96. The van der Waals surface area contributed by atoms with Gasteiger partial charge < -0.3 is 4.90 Å². The molecule has 252 valence electrons. The molecule has 0 heterocycles. The predicted molar refractivity (Wildman–Crippen MR) is 221 cm³/mol. The Balaban J connectivity index is 1.24. The molecule has 2 aliphatic carbocycles. The molecule has 53 heavy (non-hydrogen) atoms. The number of anilines is 3. The van der Waals surface area contributed by atoms with Crippen molar-refractivity contribution in [1.82, 2.24) is 0 Å². The van der Waals surface area contributed by atoms with Gasteiger partial charge in [-0.15, -0.1) is 0 Å². The maximum absolute atomic E-state index is 2.47. The highest BCUT2D eigenvalue weighted by Gasteiger charge is 2.46. The third-order valence-electron chi connectivity index (χ3n) is 11.7. The lowest BCUT2D eigenvalue weighted by Gasteiger charge is -2.35. The van der Waals surface area contributed by atoms with Crippen LogP contribution in [-0.4, -0.2) is 0 Å². The zero-order chi connectivity index (χ0) is 35.6. The highest BCUT2D eigenvalue weighted by Crippen LogP contribution is 2.58. The van der Waals surface area contributed by atoms with E-state index in [2.05, 4.69) is 219 Å². The van der Waals surface area contributed by atoms with E-state index in [0.29, 0.717) is 0 Å². The van der Waals surface area contributed by atoms with E-state index in [9.17, 15) is 0 Å². The second kappa shape index (κ2) is 12.1. The Bertz CT molecular complexity index is 2600. The fraction of sp³-hybridized carbons (Fsp3) is 0.0769. The number of hydrogen-bond acceptors (Lipinski definition) is 1. The molecule has 0 unspecified atom stereocenters. The largest absolute Gasteiger partial charge is 0.310 e. The number of hydrogen-bond donors (Lipinski definition) is 0. The smallest absolute Gasteiger partial charge is 0.0714 e. The van der Waals surface area contributed by atoms with Crippen molar-refractivity contribution in [2.45, 2.75) is 24.7 Å². The molecule has 0 aromatic heterocycles. The molecule has 8 aromatic carbocycles.